The average molecular weight is 377 g/mol. The Morgan fingerprint density at radius 1 is 1.25 bits per heavy atom. The van der Waals surface area contributed by atoms with E-state index in [1.165, 1.54) is 0 Å². The van der Waals surface area contributed by atoms with Crippen molar-refractivity contribution >= 4 is 11.6 Å². The predicted molar refractivity (Wildman–Crippen MR) is 106 cm³/mol. The van der Waals surface area contributed by atoms with E-state index in [1.807, 2.05) is 36.4 Å². The van der Waals surface area contributed by atoms with Gasteiger partial charge in [0.15, 0.2) is 0 Å². The van der Waals surface area contributed by atoms with Crippen LogP contribution in [-0.4, -0.2) is 33.8 Å². The summed E-state index contributed by atoms with van der Waals surface area (Å²) in [4.78, 5) is 12.8. The molecule has 1 unspecified atom stereocenters. The van der Waals surface area contributed by atoms with Crippen LogP contribution in [0.3, 0.4) is 0 Å². The minimum Gasteiger partial charge on any atom is -0.376 e. The van der Waals surface area contributed by atoms with Gasteiger partial charge in [0.2, 0.25) is 0 Å². The number of hydrogen-bond acceptors (Lipinski definition) is 4. The molecule has 4 heterocycles. The van der Waals surface area contributed by atoms with Crippen molar-refractivity contribution in [1.29, 1.82) is 0 Å². The summed E-state index contributed by atoms with van der Waals surface area (Å²) in [5.41, 5.74) is 6.84. The number of nitrogens with one attached hydrogen (secondary N) is 3. The van der Waals surface area contributed by atoms with Crippen LogP contribution in [0, 0.1) is 0 Å². The van der Waals surface area contributed by atoms with Crippen LogP contribution >= 0.6 is 0 Å². The molecular formula is C21H23N5O2. The SMILES string of the molecule is CC1NCCn2c(C(=O)Nc3ccc(-c4n[nH]c5c4COCC5)cc3)ccc21. The third kappa shape index (κ3) is 2.93. The highest BCUT2D eigenvalue weighted by atomic mass is 16.5. The number of H-pyrrole nitrogens is 1. The number of ether oxygens (including phenoxy) is 1. The Balaban J connectivity index is 1.34. The number of amides is 1. The standard InChI is InChI=1S/C21H23N5O2/c1-13-18-6-7-19(26(18)10-9-22-13)21(27)23-15-4-2-14(3-5-15)20-16-12-28-11-8-17(16)24-25-20/h2-7,13,22H,8-12H2,1H3,(H,23,27)(H,24,25). The minimum atomic E-state index is -0.0846. The number of anilines is 1. The lowest BCUT2D eigenvalue weighted by molar-refractivity contribution is 0.101. The molecule has 2 aliphatic heterocycles. The van der Waals surface area contributed by atoms with Gasteiger partial charge in [-0.3, -0.25) is 9.89 Å². The fourth-order valence-corrected chi connectivity index (χ4v) is 4.06. The van der Waals surface area contributed by atoms with Gasteiger partial charge >= 0.3 is 0 Å². The molecule has 2 aliphatic rings. The van der Waals surface area contributed by atoms with Crippen LogP contribution in [0.15, 0.2) is 36.4 Å². The third-order valence-electron chi connectivity index (χ3n) is 5.59. The zero-order valence-corrected chi connectivity index (χ0v) is 15.8. The van der Waals surface area contributed by atoms with Gasteiger partial charge < -0.3 is 19.9 Å². The van der Waals surface area contributed by atoms with E-state index in [2.05, 4.69) is 32.3 Å². The van der Waals surface area contributed by atoms with Crippen LogP contribution in [0.1, 0.15) is 40.4 Å². The molecule has 7 nitrogen and oxygen atoms in total. The molecule has 0 spiro atoms. The van der Waals surface area contributed by atoms with Crippen LogP contribution in [0.2, 0.25) is 0 Å². The summed E-state index contributed by atoms with van der Waals surface area (Å²) in [5, 5.41) is 14.0. The summed E-state index contributed by atoms with van der Waals surface area (Å²) in [6.45, 7) is 5.12. The van der Waals surface area contributed by atoms with E-state index in [-0.39, 0.29) is 11.9 Å². The van der Waals surface area contributed by atoms with E-state index in [0.29, 0.717) is 12.3 Å². The number of fused-ring (bicyclic) bond motifs is 2. The Morgan fingerprint density at radius 2 is 2.11 bits per heavy atom. The van der Waals surface area contributed by atoms with Crippen molar-refractivity contribution in [3.63, 3.8) is 0 Å². The first-order valence-electron chi connectivity index (χ1n) is 9.69. The molecule has 7 heteroatoms. The van der Waals surface area contributed by atoms with E-state index >= 15 is 0 Å². The zero-order chi connectivity index (χ0) is 19.1. The lowest BCUT2D eigenvalue weighted by atomic mass is 10.0. The lowest BCUT2D eigenvalue weighted by Gasteiger charge is -2.24. The van der Waals surface area contributed by atoms with Gasteiger partial charge in [0.25, 0.3) is 5.91 Å². The molecule has 2 aromatic heterocycles. The van der Waals surface area contributed by atoms with Gasteiger partial charge in [0.1, 0.15) is 5.69 Å². The van der Waals surface area contributed by atoms with Gasteiger partial charge in [-0.25, -0.2) is 0 Å². The molecule has 0 aliphatic carbocycles. The summed E-state index contributed by atoms with van der Waals surface area (Å²) < 4.78 is 7.66. The fourth-order valence-electron chi connectivity index (χ4n) is 4.06. The maximum atomic E-state index is 12.8. The van der Waals surface area contributed by atoms with Crippen molar-refractivity contribution < 1.29 is 9.53 Å². The molecule has 1 amide bonds. The van der Waals surface area contributed by atoms with Gasteiger partial charge in [-0.1, -0.05) is 12.1 Å². The highest BCUT2D eigenvalue weighted by Gasteiger charge is 2.22. The first kappa shape index (κ1) is 17.2. The van der Waals surface area contributed by atoms with Crippen molar-refractivity contribution in [3.8, 4) is 11.3 Å². The fraction of sp³-hybridized carbons (Fsp3) is 0.333. The van der Waals surface area contributed by atoms with Gasteiger partial charge in [-0.2, -0.15) is 5.10 Å². The summed E-state index contributed by atoms with van der Waals surface area (Å²) in [5.74, 6) is -0.0846. The molecule has 3 N–H and O–H groups in total. The van der Waals surface area contributed by atoms with Gasteiger partial charge in [0, 0.05) is 53.8 Å². The lowest BCUT2D eigenvalue weighted by Crippen LogP contribution is -2.33. The molecule has 0 bridgehead atoms. The van der Waals surface area contributed by atoms with Crippen LogP contribution in [0.4, 0.5) is 5.69 Å². The van der Waals surface area contributed by atoms with Crippen LogP contribution in [0.5, 0.6) is 0 Å². The number of carbonyl (C=O) groups excluding carboxylic acids is 1. The molecule has 0 fully saturated rings. The summed E-state index contributed by atoms with van der Waals surface area (Å²) in [7, 11) is 0. The number of rotatable bonds is 3. The number of nitrogens with zero attached hydrogens (tertiary/aromatic N) is 2. The van der Waals surface area contributed by atoms with Crippen molar-refractivity contribution in [1.82, 2.24) is 20.1 Å². The molecule has 28 heavy (non-hydrogen) atoms. The minimum absolute atomic E-state index is 0.0846. The highest BCUT2D eigenvalue weighted by Crippen LogP contribution is 2.28. The normalized spacial score (nSPS) is 18.4. The third-order valence-corrected chi connectivity index (χ3v) is 5.59. The molecule has 0 radical (unpaired) electrons. The van der Waals surface area contributed by atoms with E-state index in [0.717, 1.165) is 60.0 Å². The van der Waals surface area contributed by atoms with Crippen molar-refractivity contribution in [3.05, 3.63) is 59.0 Å². The van der Waals surface area contributed by atoms with Crippen LogP contribution in [-0.2, 0) is 24.3 Å². The predicted octanol–water partition coefficient (Wildman–Crippen LogP) is 2.87. The van der Waals surface area contributed by atoms with Gasteiger partial charge in [0.05, 0.1) is 18.9 Å². The summed E-state index contributed by atoms with van der Waals surface area (Å²) >= 11 is 0. The quantitative estimate of drug-likeness (QED) is 0.655. The molecule has 3 aromatic rings. The molecule has 1 atom stereocenters. The number of carbonyl (C=O) groups is 1. The second-order valence-corrected chi connectivity index (χ2v) is 7.33. The van der Waals surface area contributed by atoms with E-state index in [9.17, 15) is 4.79 Å². The molecule has 144 valence electrons. The maximum Gasteiger partial charge on any atom is 0.272 e. The molecule has 1 aromatic carbocycles. The molecule has 5 rings (SSSR count). The summed E-state index contributed by atoms with van der Waals surface area (Å²) in [6, 6.07) is 12.0. The van der Waals surface area contributed by atoms with Crippen molar-refractivity contribution in [2.24, 2.45) is 0 Å². The van der Waals surface area contributed by atoms with E-state index in [4.69, 9.17) is 4.74 Å². The van der Waals surface area contributed by atoms with E-state index in [1.54, 1.807) is 0 Å². The largest absolute Gasteiger partial charge is 0.376 e. The van der Waals surface area contributed by atoms with E-state index < -0.39 is 0 Å². The zero-order valence-electron chi connectivity index (χ0n) is 15.8. The Bertz CT molecular complexity index is 1020. The van der Waals surface area contributed by atoms with Crippen LogP contribution < -0.4 is 10.6 Å². The maximum absolute atomic E-state index is 12.8. The van der Waals surface area contributed by atoms with Crippen LogP contribution in [0.25, 0.3) is 11.3 Å². The van der Waals surface area contributed by atoms with Gasteiger partial charge in [-0.15, -0.1) is 0 Å². The molecular weight excluding hydrogens is 354 g/mol. The topological polar surface area (TPSA) is 84.0 Å². The highest BCUT2D eigenvalue weighted by molar-refractivity contribution is 6.03. The second kappa shape index (κ2) is 6.92. The number of aromatic amines is 1. The number of aromatic nitrogens is 3. The average Bonchev–Trinajstić information content (AvgIpc) is 3.34. The molecule has 0 saturated carbocycles. The smallest absolute Gasteiger partial charge is 0.272 e. The molecule has 0 saturated heterocycles. The first-order chi connectivity index (χ1) is 13.7. The first-order valence-corrected chi connectivity index (χ1v) is 9.69. The number of benzene rings is 1. The monoisotopic (exact) mass is 377 g/mol. The Morgan fingerprint density at radius 3 is 2.96 bits per heavy atom. The Labute approximate surface area is 163 Å². The van der Waals surface area contributed by atoms with Crippen molar-refractivity contribution in [2.45, 2.75) is 32.5 Å². The van der Waals surface area contributed by atoms with Gasteiger partial charge in [-0.05, 0) is 31.2 Å². The Hall–Kier alpha value is -2.90. The van der Waals surface area contributed by atoms with Crippen molar-refractivity contribution in [2.75, 3.05) is 18.5 Å². The second-order valence-electron chi connectivity index (χ2n) is 7.33. The number of hydrogen-bond donors (Lipinski definition) is 3. The summed E-state index contributed by atoms with van der Waals surface area (Å²) in [6.07, 6.45) is 0.867. The Kier molecular flexibility index (Phi) is 4.26.